The van der Waals surface area contributed by atoms with Crippen molar-refractivity contribution in [3.8, 4) is 23.0 Å². The zero-order valence-electron chi connectivity index (χ0n) is 44.5. The number of ether oxygens (including phenoxy) is 6. The van der Waals surface area contributed by atoms with Crippen LogP contribution in [0.25, 0.3) is 26.9 Å². The molecule has 0 aliphatic carbocycles. The van der Waals surface area contributed by atoms with E-state index in [9.17, 15) is 64.8 Å². The van der Waals surface area contributed by atoms with E-state index in [1.807, 2.05) is 0 Å². The number of aliphatic hydroxyl groups excluding tert-OH is 6. The van der Waals surface area contributed by atoms with Crippen molar-refractivity contribution in [2.75, 3.05) is 63.1 Å². The van der Waals surface area contributed by atoms with Crippen LogP contribution in [-0.4, -0.2) is 208 Å². The first-order valence-corrected chi connectivity index (χ1v) is 27.5. The van der Waals surface area contributed by atoms with Gasteiger partial charge in [0, 0.05) is 78.0 Å². The normalized spacial score (nSPS) is 23.8. The zero-order chi connectivity index (χ0) is 61.2. The second-order valence-corrected chi connectivity index (χ2v) is 21.3. The monoisotopic (exact) mass is 1220 g/mol. The van der Waals surface area contributed by atoms with Crippen LogP contribution in [-0.2, 0) is 33.9 Å². The molecular formula is C53H53ClN8O22S. The van der Waals surface area contributed by atoms with E-state index in [1.54, 1.807) is 6.07 Å². The number of anilines is 2. The zero-order valence-corrected chi connectivity index (χ0v) is 46.0. The number of carbonyl (C=O) groups is 5. The summed E-state index contributed by atoms with van der Waals surface area (Å²) in [5, 5.41) is 87.7. The molecule has 9 N–H and O–H groups in total. The van der Waals surface area contributed by atoms with Crippen molar-refractivity contribution < 1.29 is 106 Å². The Morgan fingerprint density at radius 1 is 0.788 bits per heavy atom. The molecule has 0 radical (unpaired) electrons. The van der Waals surface area contributed by atoms with Crippen LogP contribution in [0.4, 0.5) is 11.4 Å². The third-order valence-electron chi connectivity index (χ3n) is 14.0. The van der Waals surface area contributed by atoms with E-state index in [4.69, 9.17) is 49.7 Å². The molecule has 0 saturated carbocycles. The molecule has 32 heteroatoms. The summed E-state index contributed by atoms with van der Waals surface area (Å²) in [4.78, 5) is 74.6. The number of carboxylic acid groups (broad SMARTS) is 2. The van der Waals surface area contributed by atoms with Gasteiger partial charge in [0.25, 0.3) is 17.7 Å². The van der Waals surface area contributed by atoms with Crippen LogP contribution in [0.15, 0.2) is 101 Å². The number of nitrogens with zero attached hydrogens (tertiary/aromatic N) is 7. The second kappa shape index (κ2) is 25.4. The third-order valence-corrected chi connectivity index (χ3v) is 15.6. The van der Waals surface area contributed by atoms with E-state index in [0.717, 1.165) is 12.1 Å². The minimum atomic E-state index is -5.17. The van der Waals surface area contributed by atoms with E-state index in [1.165, 1.54) is 101 Å². The maximum absolute atomic E-state index is 15.0. The summed E-state index contributed by atoms with van der Waals surface area (Å²) in [7, 11) is -2.37. The third kappa shape index (κ3) is 12.7. The number of azide groups is 1. The fourth-order valence-corrected chi connectivity index (χ4v) is 11.0. The largest absolute Gasteiger partial charge is 0.497 e. The van der Waals surface area contributed by atoms with Gasteiger partial charge in [0.05, 0.1) is 26.0 Å². The van der Waals surface area contributed by atoms with Crippen LogP contribution in [0.3, 0.4) is 0 Å². The van der Waals surface area contributed by atoms with Crippen molar-refractivity contribution in [1.29, 1.82) is 0 Å². The summed E-state index contributed by atoms with van der Waals surface area (Å²) < 4.78 is 70.1. The molecule has 0 bridgehead atoms. The number of aromatic nitrogens is 2. The van der Waals surface area contributed by atoms with E-state index < -0.39 is 124 Å². The molecule has 30 nitrogen and oxygen atoms in total. The SMILES string of the molecule is COc1ccc2c(S(=O)(=O)Oc3cc(C(=O)N(C)CCOCCN=[N+]=[N-])ccc3OC3O[C@H](C(=O)O)[C@@H](O)[C@H](O)[C@H]3O)cc3c(c2c1)[C@H](CCl)CN3C(=O)c1cn2cc(NC(=O)c3ccc(O[C@@H]4O[C@H](C(=O)O)[C@@H](O)[C@H](O)[C@H]4O)cc3)ccc2n1. The molecule has 11 atom stereocenters. The van der Waals surface area contributed by atoms with Gasteiger partial charge in [-0.15, -0.1) is 11.6 Å². The highest BCUT2D eigenvalue weighted by atomic mass is 35.5. The number of pyridine rings is 1. The summed E-state index contributed by atoms with van der Waals surface area (Å²) in [6, 6.07) is 17.3. The maximum atomic E-state index is 15.0. The van der Waals surface area contributed by atoms with Crippen LogP contribution in [0.1, 0.15) is 42.7 Å². The first-order valence-electron chi connectivity index (χ1n) is 25.6. The molecule has 1 unspecified atom stereocenters. The number of methoxy groups -OCH3 is 1. The molecule has 450 valence electrons. The summed E-state index contributed by atoms with van der Waals surface area (Å²) in [6.45, 7) is 0.0200. The van der Waals surface area contributed by atoms with Gasteiger partial charge in [-0.25, -0.2) is 14.6 Å². The van der Waals surface area contributed by atoms with Gasteiger partial charge in [0.2, 0.25) is 12.6 Å². The highest BCUT2D eigenvalue weighted by Gasteiger charge is 2.50. The van der Waals surface area contributed by atoms with Gasteiger partial charge in [0.1, 0.15) is 64.4 Å². The lowest BCUT2D eigenvalue weighted by atomic mass is 9.95. The predicted octanol–water partition coefficient (Wildman–Crippen LogP) is 1.44. The van der Waals surface area contributed by atoms with E-state index >= 15 is 8.42 Å². The minimum absolute atomic E-state index is 0.00286. The molecule has 85 heavy (non-hydrogen) atoms. The number of rotatable bonds is 21. The molecule has 5 heterocycles. The van der Waals surface area contributed by atoms with Crippen molar-refractivity contribution in [1.82, 2.24) is 14.3 Å². The number of fused-ring (bicyclic) bond motifs is 4. The summed E-state index contributed by atoms with van der Waals surface area (Å²) in [5.74, 6) is -6.97. The fourth-order valence-electron chi connectivity index (χ4n) is 9.59. The Morgan fingerprint density at radius 2 is 1.44 bits per heavy atom. The number of carbonyl (C=O) groups excluding carboxylic acids is 3. The average molecular weight is 1220 g/mol. The van der Waals surface area contributed by atoms with Gasteiger partial charge in [-0.3, -0.25) is 14.4 Å². The topological polar surface area (TPSA) is 431 Å². The van der Waals surface area contributed by atoms with E-state index in [2.05, 4.69) is 20.3 Å². The Hall–Kier alpha value is -8.43. The summed E-state index contributed by atoms with van der Waals surface area (Å²) >= 11 is 6.60. The number of imidazole rings is 1. The number of amides is 3. The number of benzene rings is 4. The lowest BCUT2D eigenvalue weighted by Gasteiger charge is -2.38. The van der Waals surface area contributed by atoms with Gasteiger partial charge in [-0.05, 0) is 95.3 Å². The highest BCUT2D eigenvalue weighted by Crippen LogP contribution is 2.47. The number of likely N-dealkylation sites (N-methyl/N-ethyl adjacent to an activating group) is 1. The molecular weight excluding hydrogens is 1170 g/mol. The molecule has 6 aromatic rings. The van der Waals surface area contributed by atoms with Crippen molar-refractivity contribution in [2.45, 2.75) is 72.2 Å². The summed E-state index contributed by atoms with van der Waals surface area (Å²) in [6.07, 6.45) is -16.9. The Morgan fingerprint density at radius 3 is 2.07 bits per heavy atom. The number of halogens is 1. The number of aliphatic carboxylic acids is 2. The molecule has 9 rings (SSSR count). The van der Waals surface area contributed by atoms with Crippen molar-refractivity contribution in [2.24, 2.45) is 5.11 Å². The highest BCUT2D eigenvalue weighted by molar-refractivity contribution is 7.87. The number of alkyl halides is 1. The van der Waals surface area contributed by atoms with Gasteiger partial charge < -0.3 is 93.0 Å². The van der Waals surface area contributed by atoms with Gasteiger partial charge in [-0.1, -0.05) is 5.11 Å². The van der Waals surface area contributed by atoms with Crippen molar-refractivity contribution in [3.05, 3.63) is 124 Å². The van der Waals surface area contributed by atoms with Crippen molar-refractivity contribution in [3.63, 3.8) is 0 Å². The maximum Gasteiger partial charge on any atom is 0.340 e. The lowest BCUT2D eigenvalue weighted by molar-refractivity contribution is -0.271. The number of hydrogen-bond acceptors (Lipinski definition) is 22. The predicted molar refractivity (Wildman–Crippen MR) is 291 cm³/mol. The van der Waals surface area contributed by atoms with Crippen LogP contribution >= 0.6 is 11.6 Å². The van der Waals surface area contributed by atoms with Gasteiger partial charge in [0.15, 0.2) is 23.7 Å². The summed E-state index contributed by atoms with van der Waals surface area (Å²) in [5.41, 5.74) is 9.35. The lowest BCUT2D eigenvalue weighted by Crippen LogP contribution is -2.61. The molecule has 2 fully saturated rings. The standard InChI is InChI=1S/C53H53ClN8O22S/c1-60(14-16-79-15-13-56-59-55)48(70)25-5-11-34(81-53-44(68)40(64)42(66)46(83-53)51(74)75)35(17-25)84-85(76,77)36-19-33-38(31-18-29(78-2)9-10-30(31)36)26(20-54)21-62(33)49(71)32-23-61-22-27(6-12-37(61)58-32)57-47(69)24-3-7-28(8-4-24)80-52-43(67)39(63)41(65)45(82-52)50(72)73/h3-12,17-19,22-23,26,39-46,52-53,63-68H,13-16,20-21H2,1-2H3,(H,57,69)(H,72,73)(H,74,75)/t26-,39+,40+,41+,42+,43-,44-,45+,46+,52-,53?/m1/s1. The molecule has 0 spiro atoms. The molecule has 3 amide bonds. The number of aliphatic hydroxyl groups is 6. The molecule has 4 aromatic carbocycles. The van der Waals surface area contributed by atoms with Crippen LogP contribution < -0.4 is 28.6 Å². The Labute approximate surface area is 485 Å². The first kappa shape index (κ1) is 61.1. The molecule has 3 aliphatic heterocycles. The minimum Gasteiger partial charge on any atom is -0.497 e. The first-order chi connectivity index (χ1) is 40.5. The van der Waals surface area contributed by atoms with Crippen LogP contribution in [0, 0.1) is 0 Å². The number of hydrogen-bond donors (Lipinski definition) is 9. The Kier molecular flexibility index (Phi) is 18.3. The van der Waals surface area contributed by atoms with Crippen LogP contribution in [0.5, 0.6) is 23.0 Å². The van der Waals surface area contributed by atoms with Gasteiger partial charge in [-0.2, -0.15) is 8.42 Å². The average Bonchev–Trinajstić information content (AvgIpc) is 1.77. The Bertz CT molecular complexity index is 3720. The van der Waals surface area contributed by atoms with E-state index in [0.29, 0.717) is 5.56 Å². The molecule has 3 aliphatic rings. The molecule has 2 saturated heterocycles. The van der Waals surface area contributed by atoms with Crippen LogP contribution in [0.2, 0.25) is 0 Å². The number of carboxylic acids is 2. The fraction of sp³-hybridized carbons (Fsp3) is 0.358. The quantitative estimate of drug-likeness (QED) is 0.0123. The Balaban J connectivity index is 1.00. The van der Waals surface area contributed by atoms with Gasteiger partial charge >= 0.3 is 22.1 Å². The molecule has 2 aromatic heterocycles. The number of nitrogens with one attached hydrogen (secondary N) is 1. The van der Waals surface area contributed by atoms with Crippen molar-refractivity contribution >= 4 is 79.2 Å². The van der Waals surface area contributed by atoms with E-state index in [-0.39, 0.29) is 94.8 Å². The second-order valence-electron chi connectivity index (χ2n) is 19.5. The smallest absolute Gasteiger partial charge is 0.340 e.